The van der Waals surface area contributed by atoms with Gasteiger partial charge in [-0.2, -0.15) is 0 Å². The second-order valence-electron chi connectivity index (χ2n) is 5.01. The molecular weight excluding hydrogens is 176 g/mol. The van der Waals surface area contributed by atoms with Crippen molar-refractivity contribution in [1.29, 1.82) is 0 Å². The van der Waals surface area contributed by atoms with E-state index in [4.69, 9.17) is 9.47 Å². The van der Waals surface area contributed by atoms with Crippen LogP contribution in [0.25, 0.3) is 0 Å². The Morgan fingerprint density at radius 2 is 1.86 bits per heavy atom. The predicted octanol–water partition coefficient (Wildman–Crippen LogP) is 3.50. The maximum absolute atomic E-state index is 5.99. The lowest BCUT2D eigenvalue weighted by atomic mass is 9.93. The fourth-order valence-electron chi connectivity index (χ4n) is 2.11. The van der Waals surface area contributed by atoms with E-state index >= 15 is 0 Å². The van der Waals surface area contributed by atoms with Crippen molar-refractivity contribution in [2.24, 2.45) is 0 Å². The van der Waals surface area contributed by atoms with Gasteiger partial charge in [0.25, 0.3) is 0 Å². The minimum absolute atomic E-state index is 0.0386. The largest absolute Gasteiger partial charge is 0.350 e. The van der Waals surface area contributed by atoms with E-state index in [0.29, 0.717) is 0 Å². The first-order chi connectivity index (χ1) is 6.47. The molecule has 0 spiro atoms. The first kappa shape index (κ1) is 12.0. The van der Waals surface area contributed by atoms with E-state index in [-0.39, 0.29) is 11.4 Å². The van der Waals surface area contributed by atoms with Gasteiger partial charge in [0.2, 0.25) is 0 Å². The van der Waals surface area contributed by atoms with E-state index in [1.54, 1.807) is 0 Å². The van der Waals surface area contributed by atoms with E-state index < -0.39 is 0 Å². The Bertz CT molecular complexity index is 177. The van der Waals surface area contributed by atoms with Crippen molar-refractivity contribution in [3.8, 4) is 0 Å². The van der Waals surface area contributed by atoms with Crippen molar-refractivity contribution in [3.63, 3.8) is 0 Å². The lowest BCUT2D eigenvalue weighted by Crippen LogP contribution is -2.46. The highest BCUT2D eigenvalue weighted by atomic mass is 16.7. The standard InChI is InChI=1S/C12H24O2/c1-5-6-7-8-12(4)9-10-13-11(2,3)14-12/h5-10H2,1-4H3. The molecule has 0 bridgehead atoms. The third-order valence-electron chi connectivity index (χ3n) is 2.88. The van der Waals surface area contributed by atoms with Crippen molar-refractivity contribution in [1.82, 2.24) is 0 Å². The molecule has 1 aliphatic rings. The van der Waals surface area contributed by atoms with Crippen LogP contribution in [0, 0.1) is 0 Å². The van der Waals surface area contributed by atoms with E-state index in [1.807, 2.05) is 13.8 Å². The number of hydrogen-bond acceptors (Lipinski definition) is 2. The smallest absolute Gasteiger partial charge is 0.163 e. The van der Waals surface area contributed by atoms with Gasteiger partial charge < -0.3 is 9.47 Å². The summed E-state index contributed by atoms with van der Waals surface area (Å²) in [7, 11) is 0. The first-order valence-electron chi connectivity index (χ1n) is 5.82. The Hall–Kier alpha value is -0.0800. The second-order valence-corrected chi connectivity index (χ2v) is 5.01. The Labute approximate surface area is 88.0 Å². The van der Waals surface area contributed by atoms with Crippen LogP contribution in [0.15, 0.2) is 0 Å². The third-order valence-corrected chi connectivity index (χ3v) is 2.88. The Kier molecular flexibility index (Phi) is 3.96. The Morgan fingerprint density at radius 1 is 1.14 bits per heavy atom. The van der Waals surface area contributed by atoms with E-state index in [2.05, 4.69) is 13.8 Å². The maximum atomic E-state index is 5.99. The van der Waals surface area contributed by atoms with Gasteiger partial charge in [-0.15, -0.1) is 0 Å². The Balaban J connectivity index is 2.39. The summed E-state index contributed by atoms with van der Waals surface area (Å²) in [5.74, 6) is -0.390. The fraction of sp³-hybridized carbons (Fsp3) is 1.00. The van der Waals surface area contributed by atoms with Crippen LogP contribution in [0.3, 0.4) is 0 Å². The lowest BCUT2D eigenvalue weighted by molar-refractivity contribution is -0.307. The van der Waals surface area contributed by atoms with Gasteiger partial charge in [-0.3, -0.25) is 0 Å². The molecule has 2 heteroatoms. The van der Waals surface area contributed by atoms with Gasteiger partial charge in [-0.25, -0.2) is 0 Å². The summed E-state index contributed by atoms with van der Waals surface area (Å²) in [6, 6.07) is 0. The van der Waals surface area contributed by atoms with Crippen LogP contribution in [-0.4, -0.2) is 18.0 Å². The summed E-state index contributed by atoms with van der Waals surface area (Å²) in [6.07, 6.45) is 6.03. The number of rotatable bonds is 4. The van der Waals surface area contributed by atoms with Crippen molar-refractivity contribution in [2.45, 2.75) is 71.2 Å². The molecule has 1 fully saturated rings. The van der Waals surface area contributed by atoms with Crippen LogP contribution in [0.4, 0.5) is 0 Å². The highest BCUT2D eigenvalue weighted by Crippen LogP contribution is 2.33. The summed E-state index contributed by atoms with van der Waals surface area (Å²) in [5, 5.41) is 0. The Morgan fingerprint density at radius 3 is 2.43 bits per heavy atom. The molecule has 1 heterocycles. The number of unbranched alkanes of at least 4 members (excludes halogenated alkanes) is 2. The van der Waals surface area contributed by atoms with Crippen molar-refractivity contribution < 1.29 is 9.47 Å². The van der Waals surface area contributed by atoms with Crippen LogP contribution in [0.1, 0.15) is 59.8 Å². The molecule has 0 aromatic carbocycles. The molecule has 1 aliphatic heterocycles. The second kappa shape index (κ2) is 4.63. The molecule has 0 amide bonds. The molecule has 1 saturated heterocycles. The monoisotopic (exact) mass is 200 g/mol. The number of hydrogen-bond donors (Lipinski definition) is 0. The van der Waals surface area contributed by atoms with Crippen molar-refractivity contribution in [2.75, 3.05) is 6.61 Å². The molecule has 0 aliphatic carbocycles. The zero-order valence-electron chi connectivity index (χ0n) is 10.1. The van der Waals surface area contributed by atoms with Crippen LogP contribution < -0.4 is 0 Å². The van der Waals surface area contributed by atoms with Gasteiger partial charge in [-0.1, -0.05) is 26.2 Å². The van der Waals surface area contributed by atoms with Gasteiger partial charge >= 0.3 is 0 Å². The third kappa shape index (κ3) is 3.58. The van der Waals surface area contributed by atoms with E-state index in [9.17, 15) is 0 Å². The molecule has 0 saturated carbocycles. The first-order valence-corrected chi connectivity index (χ1v) is 5.82. The summed E-state index contributed by atoms with van der Waals surface area (Å²) in [5.41, 5.74) is 0.0386. The van der Waals surface area contributed by atoms with Crippen LogP contribution >= 0.6 is 0 Å². The van der Waals surface area contributed by atoms with Gasteiger partial charge in [0.1, 0.15) is 0 Å². The highest BCUT2D eigenvalue weighted by Gasteiger charge is 2.37. The predicted molar refractivity (Wildman–Crippen MR) is 58.3 cm³/mol. The van der Waals surface area contributed by atoms with Gasteiger partial charge in [0.15, 0.2) is 5.79 Å². The molecule has 0 aromatic heterocycles. The normalized spacial score (nSPS) is 31.7. The lowest BCUT2D eigenvalue weighted by Gasteiger charge is -2.43. The zero-order chi connectivity index (χ0) is 10.7. The van der Waals surface area contributed by atoms with Crippen LogP contribution in [0.5, 0.6) is 0 Å². The number of ether oxygens (including phenoxy) is 2. The summed E-state index contributed by atoms with van der Waals surface area (Å²) >= 11 is 0. The zero-order valence-corrected chi connectivity index (χ0v) is 10.1. The molecule has 0 N–H and O–H groups in total. The van der Waals surface area contributed by atoms with Gasteiger partial charge in [-0.05, 0) is 33.6 Å². The topological polar surface area (TPSA) is 18.5 Å². The van der Waals surface area contributed by atoms with Crippen molar-refractivity contribution >= 4 is 0 Å². The fourth-order valence-corrected chi connectivity index (χ4v) is 2.11. The summed E-state index contributed by atoms with van der Waals surface area (Å²) < 4.78 is 11.5. The van der Waals surface area contributed by atoms with Gasteiger partial charge in [0.05, 0.1) is 12.2 Å². The van der Waals surface area contributed by atoms with Crippen LogP contribution in [0.2, 0.25) is 0 Å². The molecule has 1 rings (SSSR count). The molecular formula is C12H24O2. The minimum atomic E-state index is -0.390. The van der Waals surface area contributed by atoms with E-state index in [1.165, 1.54) is 19.3 Å². The average Bonchev–Trinajstić information content (AvgIpc) is 2.01. The highest BCUT2D eigenvalue weighted by molar-refractivity contribution is 4.81. The summed E-state index contributed by atoms with van der Waals surface area (Å²) in [6.45, 7) is 9.29. The average molecular weight is 200 g/mol. The maximum Gasteiger partial charge on any atom is 0.163 e. The van der Waals surface area contributed by atoms with Crippen molar-refractivity contribution in [3.05, 3.63) is 0 Å². The van der Waals surface area contributed by atoms with Crippen LogP contribution in [-0.2, 0) is 9.47 Å². The minimum Gasteiger partial charge on any atom is -0.350 e. The SMILES string of the molecule is CCCCCC1(C)CCOC(C)(C)O1. The molecule has 1 unspecified atom stereocenters. The molecule has 0 radical (unpaired) electrons. The van der Waals surface area contributed by atoms with Gasteiger partial charge in [0, 0.05) is 0 Å². The molecule has 14 heavy (non-hydrogen) atoms. The molecule has 1 atom stereocenters. The molecule has 84 valence electrons. The molecule has 0 aromatic rings. The molecule has 2 nitrogen and oxygen atoms in total. The van der Waals surface area contributed by atoms with E-state index in [0.717, 1.165) is 19.4 Å². The summed E-state index contributed by atoms with van der Waals surface area (Å²) in [4.78, 5) is 0. The quantitative estimate of drug-likeness (QED) is 0.647.